The highest BCUT2D eigenvalue weighted by atomic mass is 19.3. The van der Waals surface area contributed by atoms with Crippen LogP contribution in [0.5, 0.6) is 0 Å². The first-order valence-electron chi connectivity index (χ1n) is 4.56. The Bertz CT molecular complexity index is 220. The van der Waals surface area contributed by atoms with Gasteiger partial charge in [-0.2, -0.15) is 8.78 Å². The molecule has 0 aromatic rings. The van der Waals surface area contributed by atoms with Crippen molar-refractivity contribution in [2.45, 2.75) is 44.7 Å². The highest BCUT2D eigenvalue weighted by Crippen LogP contribution is 2.46. The Hall–Kier alpha value is -0.440. The normalized spacial score (nSPS) is 20.2. The van der Waals surface area contributed by atoms with Crippen LogP contribution in [0.15, 0.2) is 12.2 Å². The first kappa shape index (κ1) is 10.6. The van der Waals surface area contributed by atoms with E-state index in [1.807, 2.05) is 32.7 Å². The molecule has 0 unspecified atom stereocenters. The van der Waals surface area contributed by atoms with E-state index in [2.05, 4.69) is 0 Å². The molecule has 0 radical (unpaired) electrons. The summed E-state index contributed by atoms with van der Waals surface area (Å²) in [6, 6.07) is 0. The number of rotatable bonds is 2. The molecule has 0 bridgehead atoms. The summed E-state index contributed by atoms with van der Waals surface area (Å²) >= 11 is 0. The molecule has 0 heterocycles. The summed E-state index contributed by atoms with van der Waals surface area (Å²) < 4.78 is 24.3. The van der Waals surface area contributed by atoms with E-state index in [9.17, 15) is 8.78 Å². The zero-order chi connectivity index (χ0) is 10.3. The Morgan fingerprint density at radius 2 is 1.77 bits per heavy atom. The molecular formula is C10H17F2N. The van der Waals surface area contributed by atoms with E-state index in [1.54, 1.807) is 0 Å². The van der Waals surface area contributed by atoms with Gasteiger partial charge in [0.1, 0.15) is 0 Å². The van der Waals surface area contributed by atoms with Gasteiger partial charge in [0.25, 0.3) is 6.08 Å². The van der Waals surface area contributed by atoms with Gasteiger partial charge in [-0.3, -0.25) is 4.90 Å². The summed E-state index contributed by atoms with van der Waals surface area (Å²) in [7, 11) is 1.91. The van der Waals surface area contributed by atoms with Crippen molar-refractivity contribution in [3.8, 4) is 0 Å². The lowest BCUT2D eigenvalue weighted by Gasteiger charge is -2.37. The largest absolute Gasteiger partial charge is 0.292 e. The van der Waals surface area contributed by atoms with Gasteiger partial charge in [0.2, 0.25) is 0 Å². The fourth-order valence-corrected chi connectivity index (χ4v) is 1.58. The maximum atomic E-state index is 12.2. The zero-order valence-electron chi connectivity index (χ0n) is 8.69. The molecule has 0 aliphatic heterocycles. The summed E-state index contributed by atoms with van der Waals surface area (Å²) in [6.45, 7) is 6.12. The van der Waals surface area contributed by atoms with Crippen molar-refractivity contribution in [3.05, 3.63) is 12.2 Å². The highest BCUT2D eigenvalue weighted by molar-refractivity contribution is 5.19. The number of nitrogens with zero attached hydrogens (tertiary/aromatic N) is 1. The third-order valence-electron chi connectivity index (χ3n) is 2.81. The maximum absolute atomic E-state index is 12.2. The van der Waals surface area contributed by atoms with Crippen LogP contribution in [0.2, 0.25) is 0 Å². The molecule has 1 fully saturated rings. The average Bonchev–Trinajstić information content (AvgIpc) is 2.64. The van der Waals surface area contributed by atoms with Gasteiger partial charge in [0, 0.05) is 17.2 Å². The Balaban J connectivity index is 2.77. The predicted octanol–water partition coefficient (Wildman–Crippen LogP) is 3.03. The number of halogens is 2. The lowest BCUT2D eigenvalue weighted by molar-refractivity contribution is 0.125. The van der Waals surface area contributed by atoms with Gasteiger partial charge in [-0.05, 0) is 40.7 Å². The Morgan fingerprint density at radius 3 is 2.00 bits per heavy atom. The number of likely N-dealkylation sites (N-methyl/N-ethyl adjacent to an activating group) is 1. The molecule has 3 heteroatoms. The van der Waals surface area contributed by atoms with Crippen molar-refractivity contribution in [2.75, 3.05) is 7.05 Å². The van der Waals surface area contributed by atoms with E-state index in [0.717, 1.165) is 18.9 Å². The second kappa shape index (κ2) is 3.05. The maximum Gasteiger partial charge on any atom is 0.268 e. The third-order valence-corrected chi connectivity index (χ3v) is 2.81. The van der Waals surface area contributed by atoms with E-state index in [4.69, 9.17) is 0 Å². The van der Waals surface area contributed by atoms with Crippen LogP contribution in [0.1, 0.15) is 33.6 Å². The third kappa shape index (κ3) is 2.27. The number of hydrogen-bond acceptors (Lipinski definition) is 1. The minimum absolute atomic E-state index is 0.0531. The molecule has 0 aromatic carbocycles. The number of hydrogen-bond donors (Lipinski definition) is 0. The van der Waals surface area contributed by atoms with E-state index in [-0.39, 0.29) is 11.1 Å². The van der Waals surface area contributed by atoms with Gasteiger partial charge in [-0.25, -0.2) is 0 Å². The summed E-state index contributed by atoms with van der Waals surface area (Å²) in [5.74, 6) is 0. The molecule has 0 aromatic heterocycles. The molecule has 1 nitrogen and oxygen atoms in total. The SMILES string of the molecule is CN(C(C)(C)C)C1(C=C(F)F)CC1. The van der Waals surface area contributed by atoms with Gasteiger partial charge in [-0.15, -0.1) is 0 Å². The van der Waals surface area contributed by atoms with Crippen molar-refractivity contribution in [1.29, 1.82) is 0 Å². The Kier molecular flexibility index (Phi) is 2.50. The van der Waals surface area contributed by atoms with Crippen molar-refractivity contribution in [1.82, 2.24) is 4.90 Å². The first-order valence-corrected chi connectivity index (χ1v) is 4.56. The molecule has 1 saturated carbocycles. The topological polar surface area (TPSA) is 3.24 Å². The van der Waals surface area contributed by atoms with Crippen LogP contribution in [0, 0.1) is 0 Å². The standard InChI is InChI=1S/C10H17F2N/c1-9(2,3)13(4)10(5-6-10)7-8(11)12/h7H,5-6H2,1-4H3. The first-order chi connectivity index (χ1) is 5.78. The molecule has 1 aliphatic carbocycles. The molecule has 1 rings (SSSR count). The van der Waals surface area contributed by atoms with E-state index < -0.39 is 6.08 Å². The molecule has 1 aliphatic rings. The van der Waals surface area contributed by atoms with Crippen LogP contribution in [0.25, 0.3) is 0 Å². The summed E-state index contributed by atoms with van der Waals surface area (Å²) in [6.07, 6.45) is 1.22. The monoisotopic (exact) mass is 189 g/mol. The van der Waals surface area contributed by atoms with Crippen LogP contribution in [-0.2, 0) is 0 Å². The van der Waals surface area contributed by atoms with Crippen molar-refractivity contribution >= 4 is 0 Å². The summed E-state index contributed by atoms with van der Waals surface area (Å²) in [5.41, 5.74) is -0.417. The molecule has 0 spiro atoms. The summed E-state index contributed by atoms with van der Waals surface area (Å²) in [5, 5.41) is 0. The van der Waals surface area contributed by atoms with Gasteiger partial charge < -0.3 is 0 Å². The second-order valence-corrected chi connectivity index (χ2v) is 4.77. The van der Waals surface area contributed by atoms with E-state index in [0.29, 0.717) is 0 Å². The lowest BCUT2D eigenvalue weighted by Crippen LogP contribution is -2.46. The van der Waals surface area contributed by atoms with Crippen molar-refractivity contribution < 1.29 is 8.78 Å². The van der Waals surface area contributed by atoms with Crippen LogP contribution in [0.4, 0.5) is 8.78 Å². The van der Waals surface area contributed by atoms with Gasteiger partial charge in [0.05, 0.1) is 0 Å². The predicted molar refractivity (Wildman–Crippen MR) is 49.8 cm³/mol. The summed E-state index contributed by atoms with van der Waals surface area (Å²) in [4.78, 5) is 2.03. The van der Waals surface area contributed by atoms with Crippen molar-refractivity contribution in [3.63, 3.8) is 0 Å². The highest BCUT2D eigenvalue weighted by Gasteiger charge is 2.48. The van der Waals surface area contributed by atoms with Crippen molar-refractivity contribution in [2.24, 2.45) is 0 Å². The Morgan fingerprint density at radius 1 is 1.31 bits per heavy atom. The lowest BCUT2D eigenvalue weighted by atomic mass is 10.0. The minimum Gasteiger partial charge on any atom is -0.292 e. The molecule has 0 saturated heterocycles. The molecular weight excluding hydrogens is 172 g/mol. The minimum atomic E-state index is -1.56. The van der Waals surface area contributed by atoms with Gasteiger partial charge in [-0.1, -0.05) is 0 Å². The fraction of sp³-hybridized carbons (Fsp3) is 0.800. The fourth-order valence-electron chi connectivity index (χ4n) is 1.58. The molecule has 0 amide bonds. The Labute approximate surface area is 78.4 Å². The quantitative estimate of drug-likeness (QED) is 0.645. The molecule has 0 N–H and O–H groups in total. The van der Waals surface area contributed by atoms with Crippen LogP contribution < -0.4 is 0 Å². The molecule has 13 heavy (non-hydrogen) atoms. The average molecular weight is 189 g/mol. The van der Waals surface area contributed by atoms with Crippen LogP contribution in [0.3, 0.4) is 0 Å². The molecule has 0 atom stereocenters. The van der Waals surface area contributed by atoms with Gasteiger partial charge in [0.15, 0.2) is 0 Å². The molecule has 76 valence electrons. The van der Waals surface area contributed by atoms with Gasteiger partial charge >= 0.3 is 0 Å². The van der Waals surface area contributed by atoms with Crippen LogP contribution in [-0.4, -0.2) is 23.0 Å². The second-order valence-electron chi connectivity index (χ2n) is 4.77. The van der Waals surface area contributed by atoms with Crippen LogP contribution >= 0.6 is 0 Å². The van der Waals surface area contributed by atoms with E-state index >= 15 is 0 Å². The van der Waals surface area contributed by atoms with E-state index in [1.165, 1.54) is 0 Å². The smallest absolute Gasteiger partial charge is 0.268 e. The zero-order valence-corrected chi connectivity index (χ0v) is 8.69.